The van der Waals surface area contributed by atoms with Gasteiger partial charge in [0.1, 0.15) is 5.69 Å². The standard InChI is InChI=1S/C7H5BF6N.K/c9-7(10,11)6-5(2-1-3-15-6)4-8(12,13)14;/h1-3H,4H2;/q-1;+1. The molecule has 0 aliphatic heterocycles. The Balaban J connectivity index is 0.00000225. The molecule has 0 atom stereocenters. The minimum Gasteiger partial charge on any atom is -0.449 e. The molecule has 0 fully saturated rings. The van der Waals surface area contributed by atoms with Gasteiger partial charge in [-0.25, -0.2) is 0 Å². The van der Waals surface area contributed by atoms with E-state index in [1.54, 1.807) is 0 Å². The Kier molecular flexibility index (Phi) is 6.01. The topological polar surface area (TPSA) is 12.9 Å². The van der Waals surface area contributed by atoms with Crippen LogP contribution in [0.15, 0.2) is 18.3 Å². The zero-order chi connectivity index (χ0) is 11.7. The number of halogens is 6. The fraction of sp³-hybridized carbons (Fsp3) is 0.286. The van der Waals surface area contributed by atoms with E-state index in [4.69, 9.17) is 0 Å². The summed E-state index contributed by atoms with van der Waals surface area (Å²) in [7, 11) is 0. The van der Waals surface area contributed by atoms with E-state index in [0.717, 1.165) is 18.3 Å². The summed E-state index contributed by atoms with van der Waals surface area (Å²) in [5, 5.41) is 0. The van der Waals surface area contributed by atoms with Crippen LogP contribution in [0, 0.1) is 0 Å². The Morgan fingerprint density at radius 2 is 1.75 bits per heavy atom. The second-order valence-corrected chi connectivity index (χ2v) is 2.92. The maximum absolute atomic E-state index is 12.2. The van der Waals surface area contributed by atoms with Crippen molar-refractivity contribution in [3.63, 3.8) is 0 Å². The summed E-state index contributed by atoms with van der Waals surface area (Å²) in [4.78, 5) is 2.92. The molecule has 1 aromatic heterocycles. The molecular weight excluding hydrogens is 262 g/mol. The Bertz CT molecular complexity index is 349. The van der Waals surface area contributed by atoms with Gasteiger partial charge in [0.15, 0.2) is 0 Å². The summed E-state index contributed by atoms with van der Waals surface area (Å²) in [6, 6.07) is 1.83. The molecule has 1 rings (SSSR count). The van der Waals surface area contributed by atoms with E-state index >= 15 is 0 Å². The van der Waals surface area contributed by atoms with Crippen LogP contribution in [-0.4, -0.2) is 12.0 Å². The van der Waals surface area contributed by atoms with Crippen LogP contribution >= 0.6 is 0 Å². The molecular formula is C7H5BF6KN. The van der Waals surface area contributed by atoms with E-state index < -0.39 is 30.7 Å². The van der Waals surface area contributed by atoms with Crippen molar-refractivity contribution in [1.82, 2.24) is 4.98 Å². The second kappa shape index (κ2) is 5.85. The molecule has 1 nitrogen and oxygen atoms in total. The predicted octanol–water partition coefficient (Wildman–Crippen LogP) is 0.0335. The summed E-state index contributed by atoms with van der Waals surface area (Å²) < 4.78 is 72.5. The SMILES string of the molecule is F[B-](F)(F)Cc1cccnc1C(F)(F)F.[K+]. The summed E-state index contributed by atoms with van der Waals surface area (Å²) >= 11 is 0. The van der Waals surface area contributed by atoms with Crippen molar-refractivity contribution >= 4 is 6.98 Å². The van der Waals surface area contributed by atoms with Crippen LogP contribution in [0.25, 0.3) is 0 Å². The molecule has 16 heavy (non-hydrogen) atoms. The van der Waals surface area contributed by atoms with Crippen LogP contribution in [0.1, 0.15) is 11.3 Å². The molecule has 0 bridgehead atoms. The van der Waals surface area contributed by atoms with Crippen molar-refractivity contribution in [2.24, 2.45) is 0 Å². The number of rotatable bonds is 2. The third-order valence-electron chi connectivity index (χ3n) is 1.61. The predicted molar refractivity (Wildman–Crippen MR) is 42.0 cm³/mol. The maximum atomic E-state index is 12.2. The fourth-order valence-electron chi connectivity index (χ4n) is 1.11. The number of nitrogens with zero attached hydrogens (tertiary/aromatic N) is 1. The number of aromatic nitrogens is 1. The molecule has 0 unspecified atom stereocenters. The number of hydrogen-bond acceptors (Lipinski definition) is 1. The maximum Gasteiger partial charge on any atom is 1.00 e. The van der Waals surface area contributed by atoms with Crippen molar-refractivity contribution in [2.45, 2.75) is 12.5 Å². The van der Waals surface area contributed by atoms with Crippen LogP contribution in [0.5, 0.6) is 0 Å². The van der Waals surface area contributed by atoms with Crippen molar-refractivity contribution in [3.05, 3.63) is 29.6 Å². The second-order valence-electron chi connectivity index (χ2n) is 2.92. The van der Waals surface area contributed by atoms with Gasteiger partial charge in [-0.15, -0.1) is 0 Å². The van der Waals surface area contributed by atoms with Crippen molar-refractivity contribution in [3.8, 4) is 0 Å². The Morgan fingerprint density at radius 3 is 2.19 bits per heavy atom. The molecule has 0 radical (unpaired) electrons. The zero-order valence-electron chi connectivity index (χ0n) is 8.23. The molecule has 1 aromatic rings. The van der Waals surface area contributed by atoms with Gasteiger partial charge in [0.2, 0.25) is 0 Å². The van der Waals surface area contributed by atoms with Gasteiger partial charge in [0, 0.05) is 6.20 Å². The monoisotopic (exact) mass is 267 g/mol. The Hall–Kier alpha value is 0.431. The molecule has 1 heterocycles. The Morgan fingerprint density at radius 1 is 1.19 bits per heavy atom. The van der Waals surface area contributed by atoms with Gasteiger partial charge in [-0.2, -0.15) is 13.2 Å². The molecule has 0 saturated carbocycles. The van der Waals surface area contributed by atoms with E-state index in [0.29, 0.717) is 0 Å². The first-order valence-electron chi connectivity index (χ1n) is 3.92. The van der Waals surface area contributed by atoms with Gasteiger partial charge < -0.3 is 12.9 Å². The van der Waals surface area contributed by atoms with E-state index in [9.17, 15) is 26.1 Å². The zero-order valence-corrected chi connectivity index (χ0v) is 11.4. The van der Waals surface area contributed by atoms with E-state index in [-0.39, 0.29) is 51.4 Å². The Labute approximate surface area is 130 Å². The molecule has 0 aliphatic carbocycles. The van der Waals surface area contributed by atoms with E-state index in [1.165, 1.54) is 0 Å². The van der Waals surface area contributed by atoms with Crippen LogP contribution in [0.2, 0.25) is 0 Å². The van der Waals surface area contributed by atoms with Crippen LogP contribution < -0.4 is 51.4 Å². The first-order valence-corrected chi connectivity index (χ1v) is 3.92. The van der Waals surface area contributed by atoms with Crippen molar-refractivity contribution < 1.29 is 77.5 Å². The summed E-state index contributed by atoms with van der Waals surface area (Å²) in [6.45, 7) is -5.29. The first-order chi connectivity index (χ1) is 6.70. The average molecular weight is 267 g/mol. The minimum absolute atomic E-state index is 0. The molecule has 0 N–H and O–H groups in total. The summed E-state index contributed by atoms with van der Waals surface area (Å²) in [5.74, 6) is 0. The van der Waals surface area contributed by atoms with Crippen LogP contribution in [0.3, 0.4) is 0 Å². The van der Waals surface area contributed by atoms with Gasteiger partial charge in [0.25, 0.3) is 0 Å². The largest absolute Gasteiger partial charge is 1.00 e. The molecule has 0 aromatic carbocycles. The molecule has 0 aliphatic rings. The normalized spacial score (nSPS) is 12.1. The molecule has 9 heteroatoms. The quantitative estimate of drug-likeness (QED) is 0.544. The smallest absolute Gasteiger partial charge is 0.449 e. The van der Waals surface area contributed by atoms with Crippen LogP contribution in [0.4, 0.5) is 26.1 Å². The summed E-state index contributed by atoms with van der Waals surface area (Å²) in [6.07, 6.45) is -5.60. The van der Waals surface area contributed by atoms with E-state index in [2.05, 4.69) is 4.98 Å². The van der Waals surface area contributed by atoms with Crippen LogP contribution in [-0.2, 0) is 12.5 Å². The minimum atomic E-state index is -5.29. The number of hydrogen-bond donors (Lipinski definition) is 0. The molecule has 0 saturated heterocycles. The third kappa shape index (κ3) is 5.17. The fourth-order valence-corrected chi connectivity index (χ4v) is 1.11. The van der Waals surface area contributed by atoms with Gasteiger partial charge in [-0.3, -0.25) is 4.98 Å². The first kappa shape index (κ1) is 16.4. The van der Waals surface area contributed by atoms with Gasteiger partial charge in [-0.1, -0.05) is 12.4 Å². The number of alkyl halides is 3. The van der Waals surface area contributed by atoms with Gasteiger partial charge in [-0.05, 0) is 11.6 Å². The van der Waals surface area contributed by atoms with Crippen molar-refractivity contribution in [1.29, 1.82) is 0 Å². The van der Waals surface area contributed by atoms with Gasteiger partial charge in [0.05, 0.1) is 0 Å². The molecule has 0 spiro atoms. The molecule has 84 valence electrons. The van der Waals surface area contributed by atoms with Crippen molar-refractivity contribution in [2.75, 3.05) is 0 Å². The number of pyridine rings is 1. The third-order valence-corrected chi connectivity index (χ3v) is 1.61. The molecule has 0 amide bonds. The van der Waals surface area contributed by atoms with Gasteiger partial charge >= 0.3 is 64.5 Å². The average Bonchev–Trinajstić information content (AvgIpc) is 1.99. The van der Waals surface area contributed by atoms with E-state index in [1.807, 2.05) is 0 Å². The summed E-state index contributed by atoms with van der Waals surface area (Å²) in [5.41, 5.74) is -2.30.